The fourth-order valence-corrected chi connectivity index (χ4v) is 1.06. The first kappa shape index (κ1) is 10.4. The number of nitrogens with zero attached hydrogens (tertiary/aromatic N) is 2. The zero-order valence-electron chi connectivity index (χ0n) is 7.09. The third-order valence-corrected chi connectivity index (χ3v) is 1.70. The fraction of sp³-hybridized carbons (Fsp3) is 0. The SMILES string of the molecule is Nc1ccc(-n2ccnc2)cc1.[Y]. The van der Waals surface area contributed by atoms with Crippen molar-refractivity contribution in [1.29, 1.82) is 0 Å². The molecule has 63 valence electrons. The van der Waals surface area contributed by atoms with Crippen LogP contribution in [-0.4, -0.2) is 9.55 Å². The molecule has 3 nitrogen and oxygen atoms in total. The first-order valence-electron chi connectivity index (χ1n) is 3.70. The van der Waals surface area contributed by atoms with Crippen LogP contribution in [0.3, 0.4) is 0 Å². The number of imidazole rings is 1. The van der Waals surface area contributed by atoms with E-state index < -0.39 is 0 Å². The quantitative estimate of drug-likeness (QED) is 0.776. The van der Waals surface area contributed by atoms with Crippen molar-refractivity contribution in [1.82, 2.24) is 9.55 Å². The molecule has 1 heterocycles. The molecule has 1 aromatic heterocycles. The minimum Gasteiger partial charge on any atom is -0.399 e. The van der Waals surface area contributed by atoms with Crippen LogP contribution < -0.4 is 5.73 Å². The van der Waals surface area contributed by atoms with Gasteiger partial charge in [-0.1, -0.05) is 0 Å². The predicted molar refractivity (Wildman–Crippen MR) is 48.0 cm³/mol. The van der Waals surface area contributed by atoms with Crippen molar-refractivity contribution in [2.75, 3.05) is 5.73 Å². The Labute approximate surface area is 102 Å². The molecular weight excluding hydrogens is 239 g/mol. The van der Waals surface area contributed by atoms with Gasteiger partial charge >= 0.3 is 0 Å². The maximum atomic E-state index is 5.56. The molecule has 13 heavy (non-hydrogen) atoms. The van der Waals surface area contributed by atoms with Crippen molar-refractivity contribution < 1.29 is 32.7 Å². The summed E-state index contributed by atoms with van der Waals surface area (Å²) in [7, 11) is 0. The van der Waals surface area contributed by atoms with Crippen LogP contribution in [0.15, 0.2) is 43.0 Å². The first-order valence-corrected chi connectivity index (χ1v) is 3.70. The Bertz CT molecular complexity index is 353. The van der Waals surface area contributed by atoms with Gasteiger partial charge in [0, 0.05) is 56.5 Å². The van der Waals surface area contributed by atoms with E-state index in [1.807, 2.05) is 35.0 Å². The second-order valence-corrected chi connectivity index (χ2v) is 2.56. The van der Waals surface area contributed by atoms with E-state index >= 15 is 0 Å². The Morgan fingerprint density at radius 1 is 1.15 bits per heavy atom. The molecule has 1 aromatic carbocycles. The van der Waals surface area contributed by atoms with E-state index in [2.05, 4.69) is 4.98 Å². The van der Waals surface area contributed by atoms with Gasteiger partial charge in [0.05, 0.1) is 6.33 Å². The van der Waals surface area contributed by atoms with Gasteiger partial charge in [-0.15, -0.1) is 0 Å². The van der Waals surface area contributed by atoms with Crippen LogP contribution in [-0.2, 0) is 32.7 Å². The molecule has 0 fully saturated rings. The molecule has 0 atom stereocenters. The molecule has 0 aliphatic carbocycles. The van der Waals surface area contributed by atoms with Gasteiger partial charge < -0.3 is 10.3 Å². The number of anilines is 1. The summed E-state index contributed by atoms with van der Waals surface area (Å²) in [6.07, 6.45) is 5.40. The molecule has 0 aliphatic rings. The predicted octanol–water partition coefficient (Wildman–Crippen LogP) is 1.45. The Kier molecular flexibility index (Phi) is 3.63. The summed E-state index contributed by atoms with van der Waals surface area (Å²) >= 11 is 0. The van der Waals surface area contributed by atoms with Crippen LogP contribution in [0.1, 0.15) is 0 Å². The van der Waals surface area contributed by atoms with Gasteiger partial charge in [-0.2, -0.15) is 0 Å². The molecule has 1 radical (unpaired) electrons. The largest absolute Gasteiger partial charge is 0.399 e. The third kappa shape index (κ3) is 2.39. The van der Waals surface area contributed by atoms with Gasteiger partial charge in [0.25, 0.3) is 0 Å². The summed E-state index contributed by atoms with van der Waals surface area (Å²) in [5.74, 6) is 0. The van der Waals surface area contributed by atoms with E-state index in [0.29, 0.717) is 0 Å². The zero-order chi connectivity index (χ0) is 8.39. The smallest absolute Gasteiger partial charge is 0.0991 e. The molecule has 0 saturated carbocycles. The van der Waals surface area contributed by atoms with Gasteiger partial charge in [0.15, 0.2) is 0 Å². The van der Waals surface area contributed by atoms with E-state index in [0.717, 1.165) is 11.4 Å². The molecule has 2 aromatic rings. The summed E-state index contributed by atoms with van der Waals surface area (Å²) in [5, 5.41) is 0. The Morgan fingerprint density at radius 2 is 1.85 bits per heavy atom. The Balaban J connectivity index is 0.000000845. The second kappa shape index (κ2) is 4.54. The number of aromatic nitrogens is 2. The van der Waals surface area contributed by atoms with E-state index in [1.165, 1.54) is 0 Å². The molecule has 0 bridgehead atoms. The molecule has 2 rings (SSSR count). The maximum Gasteiger partial charge on any atom is 0.0991 e. The van der Waals surface area contributed by atoms with Crippen LogP contribution in [0.5, 0.6) is 0 Å². The average molecular weight is 248 g/mol. The topological polar surface area (TPSA) is 43.8 Å². The molecule has 2 N–H and O–H groups in total. The first-order chi connectivity index (χ1) is 5.86. The molecule has 0 amide bonds. The van der Waals surface area contributed by atoms with Crippen LogP contribution in [0, 0.1) is 0 Å². The molecule has 4 heteroatoms. The van der Waals surface area contributed by atoms with Crippen molar-refractivity contribution in [3.05, 3.63) is 43.0 Å². The van der Waals surface area contributed by atoms with Crippen LogP contribution in [0.4, 0.5) is 5.69 Å². The maximum absolute atomic E-state index is 5.56. The number of nitrogen functional groups attached to an aromatic ring is 1. The third-order valence-electron chi connectivity index (χ3n) is 1.70. The number of hydrogen-bond donors (Lipinski definition) is 1. The van der Waals surface area contributed by atoms with Crippen molar-refractivity contribution in [2.45, 2.75) is 0 Å². The molecule has 0 aliphatic heterocycles. The molecular formula is C9H9N3Y. The Morgan fingerprint density at radius 3 is 2.38 bits per heavy atom. The van der Waals surface area contributed by atoms with Gasteiger partial charge in [-0.05, 0) is 24.3 Å². The standard InChI is InChI=1S/C9H9N3.Y/c10-8-1-3-9(4-2-8)12-6-5-11-7-12;/h1-7H,10H2;. The van der Waals surface area contributed by atoms with Gasteiger partial charge in [0.2, 0.25) is 0 Å². The van der Waals surface area contributed by atoms with Crippen molar-refractivity contribution >= 4 is 5.69 Å². The zero-order valence-corrected chi connectivity index (χ0v) is 9.93. The number of benzene rings is 1. The summed E-state index contributed by atoms with van der Waals surface area (Å²) in [6, 6.07) is 7.65. The molecule has 0 saturated heterocycles. The van der Waals surface area contributed by atoms with Crippen molar-refractivity contribution in [3.63, 3.8) is 0 Å². The number of nitrogens with two attached hydrogens (primary N) is 1. The summed E-state index contributed by atoms with van der Waals surface area (Å²) in [6.45, 7) is 0. The van der Waals surface area contributed by atoms with Crippen molar-refractivity contribution in [2.24, 2.45) is 0 Å². The van der Waals surface area contributed by atoms with Crippen LogP contribution in [0.2, 0.25) is 0 Å². The number of hydrogen-bond acceptors (Lipinski definition) is 2. The minimum absolute atomic E-state index is 0. The summed E-state index contributed by atoms with van der Waals surface area (Å²) in [4.78, 5) is 3.95. The minimum atomic E-state index is 0. The fourth-order valence-electron chi connectivity index (χ4n) is 1.06. The average Bonchev–Trinajstić information content (AvgIpc) is 2.58. The second-order valence-electron chi connectivity index (χ2n) is 2.56. The van der Waals surface area contributed by atoms with E-state index in [1.54, 1.807) is 12.5 Å². The van der Waals surface area contributed by atoms with E-state index in [4.69, 9.17) is 5.73 Å². The Hall–Kier alpha value is -0.666. The molecule has 0 spiro atoms. The van der Waals surface area contributed by atoms with Gasteiger partial charge in [0.1, 0.15) is 0 Å². The molecule has 0 unspecified atom stereocenters. The van der Waals surface area contributed by atoms with E-state index in [9.17, 15) is 0 Å². The summed E-state index contributed by atoms with van der Waals surface area (Å²) < 4.78 is 1.93. The van der Waals surface area contributed by atoms with Crippen LogP contribution >= 0.6 is 0 Å². The summed E-state index contributed by atoms with van der Waals surface area (Å²) in [5.41, 5.74) is 7.40. The van der Waals surface area contributed by atoms with Gasteiger partial charge in [-0.3, -0.25) is 0 Å². The monoisotopic (exact) mass is 248 g/mol. The van der Waals surface area contributed by atoms with Crippen molar-refractivity contribution in [3.8, 4) is 5.69 Å². The van der Waals surface area contributed by atoms with E-state index in [-0.39, 0.29) is 32.7 Å². The van der Waals surface area contributed by atoms with Crippen LogP contribution in [0.25, 0.3) is 5.69 Å². The normalized spacial score (nSPS) is 9.23. The number of rotatable bonds is 1. The van der Waals surface area contributed by atoms with Gasteiger partial charge in [-0.25, -0.2) is 4.98 Å².